The lowest BCUT2D eigenvalue weighted by Crippen LogP contribution is -2.55. The van der Waals surface area contributed by atoms with Crippen LogP contribution < -0.4 is 10.3 Å². The predicted molar refractivity (Wildman–Crippen MR) is 133 cm³/mol. The number of benzene rings is 3. The standard InChI is InChI=1S/C27H20N4O6/c1-14-11-12-15(2)18(13-14)31-26(35)22(29-30-24(34)16-7-3-5-9-19(16)32)21(23(33)27(31)36)25-28-17-8-4-6-10-20(17)37-25/h3-13,21,32H,1-2H3,(H,30,34)/b29-22-/t21-/m0/s1. The normalized spacial score (nSPS) is 17.0. The summed E-state index contributed by atoms with van der Waals surface area (Å²) in [6.45, 7) is 3.48. The van der Waals surface area contributed by atoms with Gasteiger partial charge in [-0.15, -0.1) is 0 Å². The van der Waals surface area contributed by atoms with Crippen molar-refractivity contribution in [2.24, 2.45) is 5.10 Å². The summed E-state index contributed by atoms with van der Waals surface area (Å²) in [5.74, 6) is -5.89. The number of phenolic OH excluding ortho intramolecular Hbond substituents is 1. The Labute approximate surface area is 210 Å². The third kappa shape index (κ3) is 4.14. The minimum Gasteiger partial charge on any atom is -0.507 e. The van der Waals surface area contributed by atoms with Crippen molar-refractivity contribution in [2.75, 3.05) is 4.90 Å². The molecule has 0 radical (unpaired) electrons. The minimum absolute atomic E-state index is 0.0951. The van der Waals surface area contributed by atoms with E-state index < -0.39 is 35.1 Å². The second-order valence-corrected chi connectivity index (χ2v) is 8.51. The minimum atomic E-state index is -1.58. The molecule has 0 aliphatic carbocycles. The van der Waals surface area contributed by atoms with Gasteiger partial charge in [0.1, 0.15) is 17.0 Å². The van der Waals surface area contributed by atoms with Crippen molar-refractivity contribution in [3.8, 4) is 5.75 Å². The van der Waals surface area contributed by atoms with Crippen molar-refractivity contribution < 1.29 is 28.7 Å². The molecule has 1 aliphatic heterocycles. The number of aromatic nitrogens is 1. The van der Waals surface area contributed by atoms with Crippen LogP contribution in [0.15, 0.2) is 76.2 Å². The van der Waals surface area contributed by atoms with Gasteiger partial charge >= 0.3 is 5.91 Å². The lowest BCUT2D eigenvalue weighted by atomic mass is 9.90. The van der Waals surface area contributed by atoms with Gasteiger partial charge < -0.3 is 9.52 Å². The molecule has 4 aromatic rings. The monoisotopic (exact) mass is 496 g/mol. The largest absolute Gasteiger partial charge is 0.507 e. The van der Waals surface area contributed by atoms with Gasteiger partial charge in [0.05, 0.1) is 11.3 Å². The van der Waals surface area contributed by atoms with Crippen LogP contribution in [-0.2, 0) is 14.4 Å². The summed E-state index contributed by atoms with van der Waals surface area (Å²) in [6, 6.07) is 17.6. The van der Waals surface area contributed by atoms with Gasteiger partial charge in [-0.3, -0.25) is 19.2 Å². The fourth-order valence-corrected chi connectivity index (χ4v) is 4.06. The zero-order valence-corrected chi connectivity index (χ0v) is 19.8. The lowest BCUT2D eigenvalue weighted by Gasteiger charge is -2.29. The number of carbonyl (C=O) groups is 4. The number of amides is 3. The number of rotatable bonds is 4. The molecule has 10 nitrogen and oxygen atoms in total. The molecule has 1 saturated heterocycles. The summed E-state index contributed by atoms with van der Waals surface area (Å²) in [7, 11) is 0. The third-order valence-electron chi connectivity index (χ3n) is 5.96. The third-order valence-corrected chi connectivity index (χ3v) is 5.96. The first kappa shape index (κ1) is 23.6. The lowest BCUT2D eigenvalue weighted by molar-refractivity contribution is -0.139. The Morgan fingerprint density at radius 2 is 1.73 bits per heavy atom. The molecule has 3 aromatic carbocycles. The maximum absolute atomic E-state index is 13.7. The molecule has 1 aliphatic rings. The molecule has 5 rings (SSSR count). The van der Waals surface area contributed by atoms with E-state index in [9.17, 15) is 24.3 Å². The van der Waals surface area contributed by atoms with Gasteiger partial charge in [0.15, 0.2) is 11.5 Å². The number of hydrogen-bond acceptors (Lipinski definition) is 8. The molecule has 0 spiro atoms. The number of oxazole rings is 1. The fourth-order valence-electron chi connectivity index (χ4n) is 4.06. The fraction of sp³-hybridized carbons (Fsp3) is 0.111. The smallest absolute Gasteiger partial charge is 0.302 e. The number of Topliss-reactive ketones (excluding diaryl/α,β-unsaturated/α-hetero) is 1. The highest BCUT2D eigenvalue weighted by Gasteiger charge is 2.49. The van der Waals surface area contributed by atoms with Gasteiger partial charge in [-0.05, 0) is 55.3 Å². The van der Waals surface area contributed by atoms with Crippen molar-refractivity contribution in [3.63, 3.8) is 0 Å². The molecule has 0 saturated carbocycles. The number of fused-ring (bicyclic) bond motifs is 1. The molecule has 0 unspecified atom stereocenters. The molecular formula is C27H20N4O6. The highest BCUT2D eigenvalue weighted by molar-refractivity contribution is 6.67. The molecule has 37 heavy (non-hydrogen) atoms. The number of nitrogens with zero attached hydrogens (tertiary/aromatic N) is 3. The Balaban J connectivity index is 1.62. The number of nitrogens with one attached hydrogen (secondary N) is 1. The second-order valence-electron chi connectivity index (χ2n) is 8.51. The number of para-hydroxylation sites is 3. The van der Waals surface area contributed by atoms with Crippen molar-refractivity contribution in [1.29, 1.82) is 0 Å². The number of hydrazone groups is 1. The summed E-state index contributed by atoms with van der Waals surface area (Å²) in [5, 5.41) is 14.0. The van der Waals surface area contributed by atoms with E-state index in [0.29, 0.717) is 16.7 Å². The molecule has 10 heteroatoms. The first-order valence-corrected chi connectivity index (χ1v) is 11.3. The van der Waals surface area contributed by atoms with E-state index >= 15 is 0 Å². The van der Waals surface area contributed by atoms with Crippen molar-refractivity contribution in [1.82, 2.24) is 10.4 Å². The van der Waals surface area contributed by atoms with Crippen LogP contribution in [0.3, 0.4) is 0 Å². The quantitative estimate of drug-likeness (QED) is 0.251. The first-order chi connectivity index (χ1) is 17.8. The van der Waals surface area contributed by atoms with E-state index in [4.69, 9.17) is 4.42 Å². The first-order valence-electron chi connectivity index (χ1n) is 11.3. The van der Waals surface area contributed by atoms with E-state index in [2.05, 4.69) is 15.5 Å². The number of imide groups is 1. The maximum Gasteiger partial charge on any atom is 0.302 e. The molecule has 184 valence electrons. The zero-order valence-electron chi connectivity index (χ0n) is 19.8. The maximum atomic E-state index is 13.7. The molecular weight excluding hydrogens is 476 g/mol. The van der Waals surface area contributed by atoms with E-state index in [0.717, 1.165) is 10.5 Å². The van der Waals surface area contributed by atoms with Crippen LogP contribution in [0.1, 0.15) is 33.3 Å². The summed E-state index contributed by atoms with van der Waals surface area (Å²) in [5.41, 5.74) is 3.99. The van der Waals surface area contributed by atoms with Crippen molar-refractivity contribution >= 4 is 46.0 Å². The van der Waals surface area contributed by atoms with E-state index in [-0.39, 0.29) is 22.9 Å². The molecule has 1 fully saturated rings. The van der Waals surface area contributed by atoms with Gasteiger partial charge in [0, 0.05) is 0 Å². The summed E-state index contributed by atoms with van der Waals surface area (Å²) in [4.78, 5) is 58.1. The van der Waals surface area contributed by atoms with Crippen LogP contribution in [0.4, 0.5) is 5.69 Å². The van der Waals surface area contributed by atoms with Crippen LogP contribution in [0.5, 0.6) is 5.75 Å². The van der Waals surface area contributed by atoms with Crippen molar-refractivity contribution in [3.05, 3.63) is 89.3 Å². The van der Waals surface area contributed by atoms with E-state index in [1.165, 1.54) is 18.2 Å². The number of ketones is 1. The zero-order chi connectivity index (χ0) is 26.3. The van der Waals surface area contributed by atoms with Crippen LogP contribution in [0.25, 0.3) is 11.1 Å². The SMILES string of the molecule is Cc1ccc(C)c(N2C(=O)C(=O)[C@@H](c3nc4ccccc4o3)/C(=N/NC(=O)c3ccccc3O)C2=O)c1. The second kappa shape index (κ2) is 9.15. The Hall–Kier alpha value is -5.12. The van der Waals surface area contributed by atoms with Gasteiger partial charge in [-0.1, -0.05) is 36.4 Å². The van der Waals surface area contributed by atoms with Gasteiger partial charge in [-0.2, -0.15) is 5.10 Å². The molecule has 3 amide bonds. The Kier molecular flexibility index (Phi) is 5.84. The van der Waals surface area contributed by atoms with E-state index in [1.807, 2.05) is 6.07 Å². The molecule has 1 atom stereocenters. The number of anilines is 1. The molecule has 1 aromatic heterocycles. The Morgan fingerprint density at radius 3 is 2.49 bits per heavy atom. The average Bonchev–Trinajstić information content (AvgIpc) is 3.31. The topological polar surface area (TPSA) is 142 Å². The average molecular weight is 496 g/mol. The summed E-state index contributed by atoms with van der Waals surface area (Å²) >= 11 is 0. The number of carbonyl (C=O) groups excluding carboxylic acids is 4. The number of hydrogen-bond donors (Lipinski definition) is 2. The van der Waals surface area contributed by atoms with Crippen LogP contribution in [0, 0.1) is 13.8 Å². The highest BCUT2D eigenvalue weighted by Crippen LogP contribution is 2.32. The van der Waals surface area contributed by atoms with Crippen molar-refractivity contribution in [2.45, 2.75) is 19.8 Å². The number of phenols is 1. The Morgan fingerprint density at radius 1 is 1.00 bits per heavy atom. The van der Waals surface area contributed by atoms with E-state index in [1.54, 1.807) is 56.3 Å². The van der Waals surface area contributed by atoms with Crippen LogP contribution in [0.2, 0.25) is 0 Å². The summed E-state index contributed by atoms with van der Waals surface area (Å²) < 4.78 is 5.71. The molecule has 2 heterocycles. The predicted octanol–water partition coefficient (Wildman–Crippen LogP) is 3.16. The summed E-state index contributed by atoms with van der Waals surface area (Å²) in [6.07, 6.45) is 0. The highest BCUT2D eigenvalue weighted by atomic mass is 16.3. The number of aryl methyl sites for hydroxylation is 2. The van der Waals surface area contributed by atoms with Gasteiger partial charge in [-0.25, -0.2) is 15.3 Å². The Bertz CT molecular complexity index is 1600. The number of aromatic hydroxyl groups is 1. The molecule has 0 bridgehead atoms. The van der Waals surface area contributed by atoms with Crippen LogP contribution in [-0.4, -0.2) is 39.3 Å². The van der Waals surface area contributed by atoms with Gasteiger partial charge in [0.2, 0.25) is 11.7 Å². The number of piperidine rings is 1. The van der Waals surface area contributed by atoms with Gasteiger partial charge in [0.25, 0.3) is 11.8 Å². The molecule has 2 N–H and O–H groups in total. The van der Waals surface area contributed by atoms with Crippen LogP contribution >= 0.6 is 0 Å².